The molecule has 0 spiro atoms. The number of carbonyl (C=O) groups excluding carboxylic acids is 1. The van der Waals surface area contributed by atoms with Crippen LogP contribution in [0.1, 0.15) is 154 Å². The predicted molar refractivity (Wildman–Crippen MR) is 150 cm³/mol. The van der Waals surface area contributed by atoms with E-state index in [0.29, 0.717) is 30.6 Å². The Bertz CT molecular complexity index is 627. The summed E-state index contributed by atoms with van der Waals surface area (Å²) in [5.74, 6) is 1.48. The molecule has 202 valence electrons. The first kappa shape index (κ1) is 31.5. The number of unbranched alkanes of at least 4 members (excludes halogenated alkanes) is 11. The Balaban J connectivity index is 2.14. The average molecular weight is 489 g/mol. The summed E-state index contributed by atoms with van der Waals surface area (Å²) < 4.78 is 5.51. The quantitative estimate of drug-likeness (QED) is 0.123. The molecule has 0 bridgehead atoms. The molecule has 3 nitrogen and oxygen atoms in total. The van der Waals surface area contributed by atoms with Crippen molar-refractivity contribution in [2.45, 2.75) is 149 Å². The highest BCUT2D eigenvalue weighted by Gasteiger charge is 2.15. The maximum Gasteiger partial charge on any atom is 0.305 e. The van der Waals surface area contributed by atoms with Gasteiger partial charge in [-0.25, -0.2) is 0 Å². The summed E-state index contributed by atoms with van der Waals surface area (Å²) in [6.07, 6.45) is 22.5. The summed E-state index contributed by atoms with van der Waals surface area (Å²) in [6.45, 7) is 7.27. The first-order valence-electron chi connectivity index (χ1n) is 15.1. The molecule has 0 amide bonds. The average Bonchev–Trinajstić information content (AvgIpc) is 2.87. The molecule has 3 heteroatoms. The largest absolute Gasteiger partial charge is 0.508 e. The maximum atomic E-state index is 12.0. The molecule has 35 heavy (non-hydrogen) atoms. The third-order valence-corrected chi connectivity index (χ3v) is 7.49. The van der Waals surface area contributed by atoms with Crippen LogP contribution in [0.4, 0.5) is 0 Å². The Morgan fingerprint density at radius 3 is 1.91 bits per heavy atom. The summed E-state index contributed by atoms with van der Waals surface area (Å²) in [7, 11) is 0. The molecule has 0 heterocycles. The van der Waals surface area contributed by atoms with E-state index in [1.54, 1.807) is 0 Å². The lowest BCUT2D eigenvalue weighted by molar-refractivity contribution is -0.145. The summed E-state index contributed by atoms with van der Waals surface area (Å²) in [6, 6.07) is 7.93. The Morgan fingerprint density at radius 2 is 1.31 bits per heavy atom. The maximum absolute atomic E-state index is 12.0. The van der Waals surface area contributed by atoms with Gasteiger partial charge in [0.25, 0.3) is 0 Å². The topological polar surface area (TPSA) is 46.5 Å². The fraction of sp³-hybridized carbons (Fsp3) is 0.781. The number of rotatable bonds is 23. The molecule has 1 aromatic rings. The molecule has 2 unspecified atom stereocenters. The van der Waals surface area contributed by atoms with Crippen LogP contribution < -0.4 is 0 Å². The molecule has 0 aliphatic heterocycles. The van der Waals surface area contributed by atoms with Crippen molar-refractivity contribution in [2.24, 2.45) is 5.92 Å². The molecule has 0 aliphatic rings. The zero-order valence-electron chi connectivity index (χ0n) is 23.4. The molecule has 0 radical (unpaired) electrons. The first-order chi connectivity index (χ1) is 17.1. The number of hydrogen-bond donors (Lipinski definition) is 1. The number of para-hydroxylation sites is 1. The Kier molecular flexibility index (Phi) is 19.6. The lowest BCUT2D eigenvalue weighted by Gasteiger charge is -2.18. The van der Waals surface area contributed by atoms with Gasteiger partial charge in [0.15, 0.2) is 0 Å². The second-order valence-electron chi connectivity index (χ2n) is 10.6. The van der Waals surface area contributed by atoms with Crippen LogP contribution in [-0.2, 0) is 9.53 Å². The van der Waals surface area contributed by atoms with Crippen molar-refractivity contribution in [3.63, 3.8) is 0 Å². The van der Waals surface area contributed by atoms with E-state index in [9.17, 15) is 9.90 Å². The summed E-state index contributed by atoms with van der Waals surface area (Å²) in [4.78, 5) is 12.0. The van der Waals surface area contributed by atoms with Crippen LogP contribution >= 0.6 is 0 Å². The smallest absolute Gasteiger partial charge is 0.305 e. The molecule has 1 aromatic carbocycles. The van der Waals surface area contributed by atoms with Crippen LogP contribution in [0.25, 0.3) is 0 Å². The monoisotopic (exact) mass is 488 g/mol. The van der Waals surface area contributed by atoms with E-state index in [1.807, 2.05) is 12.1 Å². The van der Waals surface area contributed by atoms with Gasteiger partial charge in [0.1, 0.15) is 5.75 Å². The van der Waals surface area contributed by atoms with E-state index < -0.39 is 0 Å². The van der Waals surface area contributed by atoms with Crippen LogP contribution in [-0.4, -0.2) is 17.7 Å². The fourth-order valence-corrected chi connectivity index (χ4v) is 5.01. The van der Waals surface area contributed by atoms with Crippen molar-refractivity contribution in [1.82, 2.24) is 0 Å². The number of aromatic hydroxyl groups is 1. The second-order valence-corrected chi connectivity index (χ2v) is 10.6. The number of phenols is 1. The minimum atomic E-state index is -0.00940. The van der Waals surface area contributed by atoms with Crippen molar-refractivity contribution in [1.29, 1.82) is 0 Å². The minimum absolute atomic E-state index is 0.00940. The number of hydrogen-bond acceptors (Lipinski definition) is 3. The standard InChI is InChI=1S/C32H56O3/c1-4-7-9-13-16-22-29(30-24-19-20-25-31(30)33)23-17-14-11-10-12-15-18-26-32(34)35-27-28(6-3)21-8-5-2/h19-20,24-25,28-29,33H,4-18,21-23,26-27H2,1-3H3. The lowest BCUT2D eigenvalue weighted by Crippen LogP contribution is -2.13. The highest BCUT2D eigenvalue weighted by atomic mass is 16.5. The van der Waals surface area contributed by atoms with Gasteiger partial charge in [-0.1, -0.05) is 129 Å². The van der Waals surface area contributed by atoms with Crippen LogP contribution in [0.5, 0.6) is 5.75 Å². The summed E-state index contributed by atoms with van der Waals surface area (Å²) in [5, 5.41) is 10.4. The van der Waals surface area contributed by atoms with Gasteiger partial charge in [0.05, 0.1) is 6.61 Å². The Morgan fingerprint density at radius 1 is 0.743 bits per heavy atom. The van der Waals surface area contributed by atoms with Gasteiger partial charge in [-0.3, -0.25) is 4.79 Å². The molecule has 1 rings (SSSR count). The van der Waals surface area contributed by atoms with Crippen molar-refractivity contribution < 1.29 is 14.6 Å². The first-order valence-corrected chi connectivity index (χ1v) is 15.1. The minimum Gasteiger partial charge on any atom is -0.508 e. The number of benzene rings is 1. The van der Waals surface area contributed by atoms with E-state index in [1.165, 1.54) is 96.3 Å². The van der Waals surface area contributed by atoms with Crippen LogP contribution in [0, 0.1) is 5.92 Å². The summed E-state index contributed by atoms with van der Waals surface area (Å²) >= 11 is 0. The third kappa shape index (κ3) is 16.0. The van der Waals surface area contributed by atoms with Crippen molar-refractivity contribution in [3.8, 4) is 5.75 Å². The Hall–Kier alpha value is -1.51. The lowest BCUT2D eigenvalue weighted by atomic mass is 9.87. The zero-order chi connectivity index (χ0) is 25.6. The SMILES string of the molecule is CCCCCCCC(CCCCCCCCCC(=O)OCC(CC)CCCC)c1ccccc1O. The normalized spacial score (nSPS) is 13.0. The number of esters is 1. The molecule has 0 aromatic heterocycles. The third-order valence-electron chi connectivity index (χ3n) is 7.49. The van der Waals surface area contributed by atoms with Gasteiger partial charge >= 0.3 is 5.97 Å². The van der Waals surface area contributed by atoms with Crippen LogP contribution in [0.2, 0.25) is 0 Å². The molecule has 0 aliphatic carbocycles. The van der Waals surface area contributed by atoms with Gasteiger partial charge in [-0.2, -0.15) is 0 Å². The molecular weight excluding hydrogens is 432 g/mol. The van der Waals surface area contributed by atoms with E-state index in [-0.39, 0.29) is 5.97 Å². The molecular formula is C32H56O3. The van der Waals surface area contributed by atoms with E-state index >= 15 is 0 Å². The molecule has 0 fully saturated rings. The molecule has 0 saturated carbocycles. The van der Waals surface area contributed by atoms with E-state index in [0.717, 1.165) is 24.8 Å². The number of carbonyl (C=O) groups is 1. The fourth-order valence-electron chi connectivity index (χ4n) is 5.01. The number of ether oxygens (including phenoxy) is 1. The molecule has 0 saturated heterocycles. The van der Waals surface area contributed by atoms with E-state index in [4.69, 9.17) is 4.74 Å². The van der Waals surface area contributed by atoms with Gasteiger partial charge in [-0.05, 0) is 49.1 Å². The van der Waals surface area contributed by atoms with Crippen molar-refractivity contribution in [2.75, 3.05) is 6.61 Å². The number of phenolic OH excluding ortho intramolecular Hbond substituents is 1. The van der Waals surface area contributed by atoms with Crippen LogP contribution in [0.3, 0.4) is 0 Å². The summed E-state index contributed by atoms with van der Waals surface area (Å²) in [5.41, 5.74) is 1.14. The second kappa shape index (κ2) is 21.7. The highest BCUT2D eigenvalue weighted by molar-refractivity contribution is 5.69. The van der Waals surface area contributed by atoms with Gasteiger partial charge in [0, 0.05) is 6.42 Å². The zero-order valence-corrected chi connectivity index (χ0v) is 23.4. The molecule has 1 N–H and O–H groups in total. The van der Waals surface area contributed by atoms with Crippen molar-refractivity contribution >= 4 is 5.97 Å². The van der Waals surface area contributed by atoms with Gasteiger partial charge in [0.2, 0.25) is 0 Å². The molecule has 2 atom stereocenters. The van der Waals surface area contributed by atoms with Crippen molar-refractivity contribution in [3.05, 3.63) is 29.8 Å². The van der Waals surface area contributed by atoms with E-state index in [2.05, 4.69) is 32.9 Å². The van der Waals surface area contributed by atoms with Crippen LogP contribution in [0.15, 0.2) is 24.3 Å². The van der Waals surface area contributed by atoms with Gasteiger partial charge < -0.3 is 9.84 Å². The Labute approximate surface area is 217 Å². The predicted octanol–water partition coefficient (Wildman–Crippen LogP) is 10.1. The highest BCUT2D eigenvalue weighted by Crippen LogP contribution is 2.34. The van der Waals surface area contributed by atoms with Gasteiger partial charge in [-0.15, -0.1) is 0 Å².